The van der Waals surface area contributed by atoms with Crippen molar-refractivity contribution in [2.45, 2.75) is 20.5 Å². The predicted molar refractivity (Wildman–Crippen MR) is 141 cm³/mol. The summed E-state index contributed by atoms with van der Waals surface area (Å²) in [6.45, 7) is 4.15. The van der Waals surface area contributed by atoms with Crippen molar-refractivity contribution in [3.63, 3.8) is 0 Å². The lowest BCUT2D eigenvalue weighted by atomic mass is 10.2. The molecule has 0 N–H and O–H groups in total. The van der Waals surface area contributed by atoms with Crippen LogP contribution in [0.3, 0.4) is 0 Å². The summed E-state index contributed by atoms with van der Waals surface area (Å²) in [5, 5.41) is -0.477. The van der Waals surface area contributed by atoms with E-state index in [-0.39, 0.29) is 24.0 Å². The predicted octanol–water partition coefficient (Wildman–Crippen LogP) is 5.71. The lowest BCUT2D eigenvalue weighted by Gasteiger charge is -2.13. The first-order valence-corrected chi connectivity index (χ1v) is 12.8. The molecule has 0 atom stereocenters. The average molecular weight is 677 g/mol. The molecule has 2 amide bonds. The second-order valence-electron chi connectivity index (χ2n) is 7.43. The van der Waals surface area contributed by atoms with Gasteiger partial charge in [-0.2, -0.15) is 0 Å². The Bertz CT molecular complexity index is 1030. The van der Waals surface area contributed by atoms with Gasteiger partial charge in [-0.15, -0.1) is 0 Å². The van der Waals surface area contributed by atoms with Crippen molar-refractivity contribution >= 4 is 80.1 Å². The SMILES string of the molecule is CC(C)COC(=O)CN1C(=O)S/C(=C/c2cc(I)c(OCc3ccccc3)c(I)c2)C1=O. The van der Waals surface area contributed by atoms with Gasteiger partial charge in [0.2, 0.25) is 0 Å². The van der Waals surface area contributed by atoms with E-state index in [1.807, 2.05) is 56.3 Å². The number of benzene rings is 2. The summed E-state index contributed by atoms with van der Waals surface area (Å²) in [5.41, 5.74) is 1.85. The van der Waals surface area contributed by atoms with E-state index in [1.165, 1.54) is 0 Å². The van der Waals surface area contributed by atoms with Gasteiger partial charge in [0.1, 0.15) is 18.9 Å². The molecule has 1 saturated heterocycles. The highest BCUT2D eigenvalue weighted by atomic mass is 127. The molecule has 168 valence electrons. The normalized spacial score (nSPS) is 15.0. The van der Waals surface area contributed by atoms with Gasteiger partial charge < -0.3 is 9.47 Å². The van der Waals surface area contributed by atoms with Crippen LogP contribution >= 0.6 is 56.9 Å². The first-order valence-electron chi connectivity index (χ1n) is 9.81. The molecule has 0 saturated carbocycles. The van der Waals surface area contributed by atoms with E-state index >= 15 is 0 Å². The number of amides is 2. The van der Waals surface area contributed by atoms with E-state index in [4.69, 9.17) is 9.47 Å². The molecule has 0 radical (unpaired) electrons. The van der Waals surface area contributed by atoms with Gasteiger partial charge >= 0.3 is 5.97 Å². The van der Waals surface area contributed by atoms with E-state index in [2.05, 4.69) is 45.2 Å². The number of imide groups is 1. The number of hydrogen-bond acceptors (Lipinski definition) is 6. The Hall–Kier alpha value is -1.60. The van der Waals surface area contributed by atoms with E-state index in [1.54, 1.807) is 6.08 Å². The minimum atomic E-state index is -0.591. The smallest absolute Gasteiger partial charge is 0.326 e. The van der Waals surface area contributed by atoms with Crippen molar-refractivity contribution in [1.82, 2.24) is 4.90 Å². The maximum Gasteiger partial charge on any atom is 0.326 e. The molecule has 1 heterocycles. The fourth-order valence-electron chi connectivity index (χ4n) is 2.75. The quantitative estimate of drug-likeness (QED) is 0.203. The van der Waals surface area contributed by atoms with Gasteiger partial charge in [0, 0.05) is 0 Å². The average Bonchev–Trinajstić information content (AvgIpc) is 2.99. The Morgan fingerprint density at radius 1 is 1.12 bits per heavy atom. The molecule has 9 heteroatoms. The Labute approximate surface area is 218 Å². The van der Waals surface area contributed by atoms with Crippen molar-refractivity contribution in [3.05, 3.63) is 65.6 Å². The highest BCUT2D eigenvalue weighted by molar-refractivity contribution is 14.1. The van der Waals surface area contributed by atoms with Crippen LogP contribution in [0.5, 0.6) is 5.75 Å². The lowest BCUT2D eigenvalue weighted by Crippen LogP contribution is -2.34. The molecule has 0 bridgehead atoms. The van der Waals surface area contributed by atoms with Crippen LogP contribution < -0.4 is 4.74 Å². The molecule has 6 nitrogen and oxygen atoms in total. The molecular weight excluding hydrogens is 656 g/mol. The molecule has 1 fully saturated rings. The second-order valence-corrected chi connectivity index (χ2v) is 10.8. The second kappa shape index (κ2) is 11.5. The maximum absolute atomic E-state index is 12.7. The molecular formula is C23H21I2NO5S. The third-order valence-electron chi connectivity index (χ3n) is 4.28. The minimum Gasteiger partial charge on any atom is -0.487 e. The monoisotopic (exact) mass is 677 g/mol. The molecule has 1 aliphatic rings. The number of thioether (sulfide) groups is 1. The van der Waals surface area contributed by atoms with Crippen LogP contribution in [-0.2, 0) is 20.9 Å². The highest BCUT2D eigenvalue weighted by Gasteiger charge is 2.36. The van der Waals surface area contributed by atoms with Gasteiger partial charge in [0.05, 0.1) is 18.7 Å². The number of ether oxygens (including phenoxy) is 2. The van der Waals surface area contributed by atoms with Crippen LogP contribution in [0.15, 0.2) is 47.4 Å². The van der Waals surface area contributed by atoms with Crippen LogP contribution in [0, 0.1) is 13.1 Å². The highest BCUT2D eigenvalue weighted by Crippen LogP contribution is 2.35. The number of hydrogen-bond donors (Lipinski definition) is 0. The molecule has 2 aromatic rings. The van der Waals surface area contributed by atoms with Gasteiger partial charge in [-0.3, -0.25) is 19.3 Å². The number of halogens is 2. The fourth-order valence-corrected chi connectivity index (χ4v) is 5.72. The van der Waals surface area contributed by atoms with Crippen molar-refractivity contribution in [1.29, 1.82) is 0 Å². The lowest BCUT2D eigenvalue weighted by molar-refractivity contribution is -0.147. The summed E-state index contributed by atoms with van der Waals surface area (Å²) in [5.74, 6) is -0.131. The van der Waals surface area contributed by atoms with Crippen molar-refractivity contribution in [2.24, 2.45) is 5.92 Å². The fraction of sp³-hybridized carbons (Fsp3) is 0.261. The topological polar surface area (TPSA) is 72.9 Å². The molecule has 3 rings (SSSR count). The zero-order valence-electron chi connectivity index (χ0n) is 17.5. The van der Waals surface area contributed by atoms with Crippen molar-refractivity contribution < 1.29 is 23.9 Å². The molecule has 0 aliphatic carbocycles. The van der Waals surface area contributed by atoms with Crippen LogP contribution in [0.1, 0.15) is 25.0 Å². The van der Waals surface area contributed by atoms with E-state index in [0.29, 0.717) is 6.61 Å². The maximum atomic E-state index is 12.7. The first-order chi connectivity index (χ1) is 15.2. The van der Waals surface area contributed by atoms with Crippen LogP contribution in [0.4, 0.5) is 4.79 Å². The van der Waals surface area contributed by atoms with Crippen molar-refractivity contribution in [2.75, 3.05) is 13.2 Å². The van der Waals surface area contributed by atoms with E-state index < -0.39 is 17.1 Å². The van der Waals surface area contributed by atoms with Gasteiger partial charge in [0.25, 0.3) is 11.1 Å². The Morgan fingerprint density at radius 3 is 2.41 bits per heavy atom. The molecule has 0 spiro atoms. The Balaban J connectivity index is 1.70. The Morgan fingerprint density at radius 2 is 1.78 bits per heavy atom. The summed E-state index contributed by atoms with van der Waals surface area (Å²) in [6.07, 6.45) is 1.66. The van der Waals surface area contributed by atoms with Crippen LogP contribution in [0.25, 0.3) is 6.08 Å². The molecule has 1 aliphatic heterocycles. The molecule has 0 unspecified atom stereocenters. The summed E-state index contributed by atoms with van der Waals surface area (Å²) < 4.78 is 12.9. The molecule has 0 aromatic heterocycles. The standard InChI is InChI=1S/C23H21I2NO5S/c1-14(2)12-30-20(27)11-26-22(28)19(32-23(26)29)10-16-8-17(24)21(18(25)9-16)31-13-15-6-4-3-5-7-15/h3-10,14H,11-13H2,1-2H3/b19-10+. The third kappa shape index (κ3) is 6.70. The number of esters is 1. The summed E-state index contributed by atoms with van der Waals surface area (Å²) in [6, 6.07) is 13.7. The molecule has 2 aromatic carbocycles. The minimum absolute atomic E-state index is 0.179. The number of carbonyl (C=O) groups is 3. The summed E-state index contributed by atoms with van der Waals surface area (Å²) in [7, 11) is 0. The number of nitrogens with zero attached hydrogens (tertiary/aromatic N) is 1. The van der Waals surface area contributed by atoms with Crippen molar-refractivity contribution in [3.8, 4) is 5.75 Å². The van der Waals surface area contributed by atoms with Gasteiger partial charge in [-0.1, -0.05) is 44.2 Å². The summed E-state index contributed by atoms with van der Waals surface area (Å²) in [4.78, 5) is 38.1. The van der Waals surface area contributed by atoms with Gasteiger partial charge in [0.15, 0.2) is 0 Å². The summed E-state index contributed by atoms with van der Waals surface area (Å²) >= 11 is 5.21. The van der Waals surface area contributed by atoms with E-state index in [0.717, 1.165) is 40.7 Å². The zero-order chi connectivity index (χ0) is 23.3. The van der Waals surface area contributed by atoms with E-state index in [9.17, 15) is 14.4 Å². The van der Waals surface area contributed by atoms with Gasteiger partial charge in [-0.25, -0.2) is 0 Å². The first kappa shape index (κ1) is 25.0. The molecule has 32 heavy (non-hydrogen) atoms. The largest absolute Gasteiger partial charge is 0.487 e. The van der Waals surface area contributed by atoms with Crippen LogP contribution in [0.2, 0.25) is 0 Å². The number of rotatable bonds is 8. The Kier molecular flexibility index (Phi) is 9.00. The number of carbonyl (C=O) groups excluding carboxylic acids is 3. The third-order valence-corrected chi connectivity index (χ3v) is 6.79. The zero-order valence-corrected chi connectivity index (χ0v) is 22.6. The van der Waals surface area contributed by atoms with Crippen LogP contribution in [-0.4, -0.2) is 35.2 Å². The van der Waals surface area contributed by atoms with Gasteiger partial charge in [-0.05, 0) is 92.2 Å².